The van der Waals surface area contributed by atoms with Crippen molar-refractivity contribution in [2.24, 2.45) is 5.73 Å². The molecule has 0 spiro atoms. The second-order valence-corrected chi connectivity index (χ2v) is 5.74. The summed E-state index contributed by atoms with van der Waals surface area (Å²) in [6.45, 7) is 1.15. The van der Waals surface area contributed by atoms with Crippen LogP contribution in [-0.2, 0) is 6.42 Å². The van der Waals surface area contributed by atoms with Crippen LogP contribution < -0.4 is 19.9 Å². The minimum absolute atomic E-state index is 0.0590. The Morgan fingerprint density at radius 3 is 2.78 bits per heavy atom. The predicted molar refractivity (Wildman–Crippen MR) is 71.5 cm³/mol. The number of rotatable bonds is 3. The van der Waals surface area contributed by atoms with Gasteiger partial charge in [0.25, 0.3) is 0 Å². The van der Waals surface area contributed by atoms with Gasteiger partial charge in [-0.15, -0.1) is 0 Å². The van der Waals surface area contributed by atoms with E-state index in [0.717, 1.165) is 46.5 Å². The van der Waals surface area contributed by atoms with Crippen molar-refractivity contribution < 1.29 is 14.2 Å². The molecule has 1 heterocycles. The third-order valence-electron chi connectivity index (χ3n) is 3.45. The SMILES string of the molecule is COc1c(CC2(N)CC2)cc2c(c1Br)OCCO2. The lowest BCUT2D eigenvalue weighted by molar-refractivity contribution is 0.169. The van der Waals surface area contributed by atoms with Gasteiger partial charge in [0, 0.05) is 11.1 Å². The Kier molecular flexibility index (Phi) is 2.90. The molecule has 98 valence electrons. The molecular formula is C13H16BrNO3. The summed E-state index contributed by atoms with van der Waals surface area (Å²) in [4.78, 5) is 0. The molecule has 0 atom stereocenters. The van der Waals surface area contributed by atoms with Crippen LogP contribution in [0.5, 0.6) is 17.2 Å². The molecule has 0 aromatic heterocycles. The molecule has 1 aromatic rings. The second-order valence-electron chi connectivity index (χ2n) is 4.95. The highest BCUT2D eigenvalue weighted by molar-refractivity contribution is 9.10. The fourth-order valence-corrected chi connectivity index (χ4v) is 2.97. The summed E-state index contributed by atoms with van der Waals surface area (Å²) in [5.74, 6) is 2.30. The normalized spacial score (nSPS) is 19.5. The lowest BCUT2D eigenvalue weighted by Crippen LogP contribution is -2.25. The number of hydrogen-bond donors (Lipinski definition) is 1. The fourth-order valence-electron chi connectivity index (χ4n) is 2.25. The summed E-state index contributed by atoms with van der Waals surface area (Å²) in [5.41, 5.74) is 7.20. The molecule has 1 aliphatic heterocycles. The van der Waals surface area contributed by atoms with Crippen LogP contribution in [-0.4, -0.2) is 25.9 Å². The highest BCUT2D eigenvalue weighted by Crippen LogP contribution is 2.48. The van der Waals surface area contributed by atoms with E-state index in [1.165, 1.54) is 0 Å². The van der Waals surface area contributed by atoms with Gasteiger partial charge in [0.05, 0.1) is 7.11 Å². The first kappa shape index (κ1) is 12.1. The number of halogens is 1. The van der Waals surface area contributed by atoms with Gasteiger partial charge in [0.1, 0.15) is 23.4 Å². The maximum atomic E-state index is 6.19. The first-order valence-electron chi connectivity index (χ1n) is 6.07. The summed E-state index contributed by atoms with van der Waals surface area (Å²) in [6, 6.07) is 1.99. The average molecular weight is 314 g/mol. The number of hydrogen-bond acceptors (Lipinski definition) is 4. The van der Waals surface area contributed by atoms with E-state index in [2.05, 4.69) is 15.9 Å². The smallest absolute Gasteiger partial charge is 0.179 e. The van der Waals surface area contributed by atoms with Gasteiger partial charge in [-0.25, -0.2) is 0 Å². The molecule has 1 aliphatic carbocycles. The molecule has 0 amide bonds. The van der Waals surface area contributed by atoms with E-state index in [1.807, 2.05) is 6.07 Å². The van der Waals surface area contributed by atoms with Gasteiger partial charge >= 0.3 is 0 Å². The van der Waals surface area contributed by atoms with E-state index in [-0.39, 0.29) is 5.54 Å². The van der Waals surface area contributed by atoms with E-state index in [0.29, 0.717) is 13.2 Å². The molecule has 1 aromatic carbocycles. The van der Waals surface area contributed by atoms with Crippen LogP contribution in [0.1, 0.15) is 18.4 Å². The van der Waals surface area contributed by atoms with Gasteiger partial charge < -0.3 is 19.9 Å². The Morgan fingerprint density at radius 1 is 1.39 bits per heavy atom. The van der Waals surface area contributed by atoms with Crippen LogP contribution in [0.2, 0.25) is 0 Å². The largest absolute Gasteiger partial charge is 0.495 e. The quantitative estimate of drug-likeness (QED) is 0.930. The minimum Gasteiger partial charge on any atom is -0.495 e. The van der Waals surface area contributed by atoms with Crippen LogP contribution in [0.3, 0.4) is 0 Å². The van der Waals surface area contributed by atoms with E-state index < -0.39 is 0 Å². The highest BCUT2D eigenvalue weighted by atomic mass is 79.9. The molecule has 4 nitrogen and oxygen atoms in total. The fraction of sp³-hybridized carbons (Fsp3) is 0.538. The lowest BCUT2D eigenvalue weighted by Gasteiger charge is -2.23. The Bertz CT molecular complexity index is 486. The Morgan fingerprint density at radius 2 is 2.11 bits per heavy atom. The predicted octanol–water partition coefficient (Wildman–Crippen LogP) is 2.26. The summed E-state index contributed by atoms with van der Waals surface area (Å²) in [7, 11) is 1.66. The third-order valence-corrected chi connectivity index (χ3v) is 4.17. The van der Waals surface area contributed by atoms with Crippen molar-refractivity contribution in [2.45, 2.75) is 24.8 Å². The highest BCUT2D eigenvalue weighted by Gasteiger charge is 2.39. The molecule has 1 fully saturated rings. The van der Waals surface area contributed by atoms with Crippen molar-refractivity contribution in [3.8, 4) is 17.2 Å². The van der Waals surface area contributed by atoms with Crippen LogP contribution >= 0.6 is 15.9 Å². The van der Waals surface area contributed by atoms with E-state index in [4.69, 9.17) is 19.9 Å². The zero-order valence-electron chi connectivity index (χ0n) is 10.3. The maximum absolute atomic E-state index is 6.19. The molecular weight excluding hydrogens is 298 g/mol. The summed E-state index contributed by atoms with van der Waals surface area (Å²) in [6.07, 6.45) is 2.95. The van der Waals surface area contributed by atoms with Gasteiger partial charge in [0.2, 0.25) is 0 Å². The van der Waals surface area contributed by atoms with Gasteiger partial charge in [-0.05, 0) is 41.3 Å². The van der Waals surface area contributed by atoms with Crippen LogP contribution in [0, 0.1) is 0 Å². The number of nitrogens with two attached hydrogens (primary N) is 1. The van der Waals surface area contributed by atoms with Crippen molar-refractivity contribution in [3.63, 3.8) is 0 Å². The van der Waals surface area contributed by atoms with E-state index >= 15 is 0 Å². The molecule has 2 aliphatic rings. The third kappa shape index (κ3) is 2.06. The Hall–Kier alpha value is -0.940. The maximum Gasteiger partial charge on any atom is 0.179 e. The van der Waals surface area contributed by atoms with Crippen molar-refractivity contribution in [2.75, 3.05) is 20.3 Å². The van der Waals surface area contributed by atoms with Crippen molar-refractivity contribution in [1.29, 1.82) is 0 Å². The average Bonchev–Trinajstić information content (AvgIpc) is 3.07. The Balaban J connectivity index is 2.03. The van der Waals surface area contributed by atoms with Crippen LogP contribution in [0.15, 0.2) is 10.5 Å². The molecule has 18 heavy (non-hydrogen) atoms. The van der Waals surface area contributed by atoms with Gasteiger partial charge in [0.15, 0.2) is 11.5 Å². The molecule has 0 radical (unpaired) electrons. The zero-order valence-corrected chi connectivity index (χ0v) is 11.9. The van der Waals surface area contributed by atoms with Crippen LogP contribution in [0.25, 0.3) is 0 Å². The summed E-state index contributed by atoms with van der Waals surface area (Å²) < 4.78 is 17.5. The lowest BCUT2D eigenvalue weighted by atomic mass is 10.0. The van der Waals surface area contributed by atoms with Gasteiger partial charge in [-0.3, -0.25) is 0 Å². The summed E-state index contributed by atoms with van der Waals surface area (Å²) in [5, 5.41) is 0. The van der Waals surface area contributed by atoms with Gasteiger partial charge in [-0.2, -0.15) is 0 Å². The molecule has 5 heteroatoms. The topological polar surface area (TPSA) is 53.7 Å². The molecule has 0 saturated heterocycles. The second kappa shape index (κ2) is 4.31. The molecule has 2 N–H and O–H groups in total. The number of methoxy groups -OCH3 is 1. The van der Waals surface area contributed by atoms with Gasteiger partial charge in [-0.1, -0.05) is 0 Å². The Labute approximate surface area is 115 Å². The van der Waals surface area contributed by atoms with Crippen molar-refractivity contribution in [1.82, 2.24) is 0 Å². The zero-order chi connectivity index (χ0) is 12.8. The monoisotopic (exact) mass is 313 g/mol. The van der Waals surface area contributed by atoms with Crippen molar-refractivity contribution in [3.05, 3.63) is 16.1 Å². The van der Waals surface area contributed by atoms with E-state index in [1.54, 1.807) is 7.11 Å². The molecule has 1 saturated carbocycles. The number of benzene rings is 1. The first-order valence-corrected chi connectivity index (χ1v) is 6.86. The number of fused-ring (bicyclic) bond motifs is 1. The van der Waals surface area contributed by atoms with Crippen molar-refractivity contribution >= 4 is 15.9 Å². The molecule has 0 unspecified atom stereocenters. The molecule has 3 rings (SSSR count). The summed E-state index contributed by atoms with van der Waals surface area (Å²) >= 11 is 3.54. The molecule has 0 bridgehead atoms. The first-order chi connectivity index (χ1) is 8.63. The minimum atomic E-state index is -0.0590. The van der Waals surface area contributed by atoms with Crippen LogP contribution in [0.4, 0.5) is 0 Å². The standard InChI is InChI=1S/C13H16BrNO3/c1-16-11-8(7-13(15)2-3-13)6-9-12(10(11)14)18-5-4-17-9/h6H,2-5,7,15H2,1H3. The number of ether oxygens (including phenoxy) is 3. The van der Waals surface area contributed by atoms with E-state index in [9.17, 15) is 0 Å².